The van der Waals surface area contributed by atoms with E-state index in [0.29, 0.717) is 19.7 Å². The standard InChI is InChI=1S/C11H19N5O3/c1-3-5-12-10-9(16(17)18)11(15-8-14-10)13-6-4-7-19-2/h8H,3-7H2,1-2H3,(H2,12,13,14,15). The van der Waals surface area contributed by atoms with Crippen LogP contribution in [0.5, 0.6) is 0 Å². The van der Waals surface area contributed by atoms with Crippen LogP contribution in [0.15, 0.2) is 6.33 Å². The first-order chi connectivity index (χ1) is 9.20. The molecule has 0 atom stereocenters. The summed E-state index contributed by atoms with van der Waals surface area (Å²) in [5.74, 6) is 0.478. The van der Waals surface area contributed by atoms with E-state index in [2.05, 4.69) is 20.6 Å². The SMILES string of the molecule is CCCNc1ncnc(NCCCOC)c1[N+](=O)[O-]. The van der Waals surface area contributed by atoms with E-state index in [1.54, 1.807) is 7.11 Å². The van der Waals surface area contributed by atoms with Crippen LogP contribution in [0.3, 0.4) is 0 Å². The summed E-state index contributed by atoms with van der Waals surface area (Å²) in [5.41, 5.74) is -0.117. The van der Waals surface area contributed by atoms with Crippen molar-refractivity contribution in [2.24, 2.45) is 0 Å². The van der Waals surface area contributed by atoms with Crippen molar-refractivity contribution >= 4 is 17.3 Å². The van der Waals surface area contributed by atoms with E-state index >= 15 is 0 Å². The Morgan fingerprint density at radius 2 is 1.95 bits per heavy atom. The Morgan fingerprint density at radius 1 is 1.32 bits per heavy atom. The van der Waals surface area contributed by atoms with E-state index in [-0.39, 0.29) is 17.3 Å². The molecule has 8 nitrogen and oxygen atoms in total. The number of nitro groups is 1. The van der Waals surface area contributed by atoms with Crippen molar-refractivity contribution in [3.05, 3.63) is 16.4 Å². The number of anilines is 2. The Labute approximate surface area is 111 Å². The number of hydrogen-bond donors (Lipinski definition) is 2. The Balaban J connectivity index is 2.80. The highest BCUT2D eigenvalue weighted by Crippen LogP contribution is 2.28. The van der Waals surface area contributed by atoms with Crippen LogP contribution in [-0.4, -0.2) is 41.7 Å². The van der Waals surface area contributed by atoms with Gasteiger partial charge in [0.2, 0.25) is 11.6 Å². The lowest BCUT2D eigenvalue weighted by atomic mass is 10.3. The topological polar surface area (TPSA) is 102 Å². The number of hydrogen-bond acceptors (Lipinski definition) is 7. The number of ether oxygens (including phenoxy) is 1. The molecule has 0 fully saturated rings. The van der Waals surface area contributed by atoms with Gasteiger partial charge in [-0.1, -0.05) is 6.92 Å². The average Bonchev–Trinajstić information content (AvgIpc) is 2.41. The summed E-state index contributed by atoms with van der Waals surface area (Å²) in [6.07, 6.45) is 2.91. The molecule has 0 aliphatic carbocycles. The summed E-state index contributed by atoms with van der Waals surface area (Å²) in [7, 11) is 1.61. The molecule has 0 amide bonds. The monoisotopic (exact) mass is 269 g/mol. The van der Waals surface area contributed by atoms with Crippen molar-refractivity contribution in [3.63, 3.8) is 0 Å². The number of nitrogens with zero attached hydrogens (tertiary/aromatic N) is 3. The lowest BCUT2D eigenvalue weighted by Crippen LogP contribution is -2.12. The van der Waals surface area contributed by atoms with Crippen molar-refractivity contribution in [1.29, 1.82) is 0 Å². The lowest BCUT2D eigenvalue weighted by Gasteiger charge is -2.09. The van der Waals surface area contributed by atoms with E-state index < -0.39 is 4.92 Å². The Kier molecular flexibility index (Phi) is 6.51. The van der Waals surface area contributed by atoms with Gasteiger partial charge in [0.15, 0.2) is 0 Å². The summed E-state index contributed by atoms with van der Waals surface area (Å²) in [4.78, 5) is 18.5. The fraction of sp³-hybridized carbons (Fsp3) is 0.636. The van der Waals surface area contributed by atoms with Crippen LogP contribution in [0.1, 0.15) is 19.8 Å². The second-order valence-corrected chi connectivity index (χ2v) is 3.88. The molecule has 2 N–H and O–H groups in total. The van der Waals surface area contributed by atoms with Crippen LogP contribution in [-0.2, 0) is 4.74 Å². The predicted molar refractivity (Wildman–Crippen MR) is 72.4 cm³/mol. The van der Waals surface area contributed by atoms with Gasteiger partial charge in [-0.3, -0.25) is 10.1 Å². The third-order valence-electron chi connectivity index (χ3n) is 2.36. The molecule has 0 saturated heterocycles. The first-order valence-corrected chi connectivity index (χ1v) is 6.16. The van der Waals surface area contributed by atoms with Crippen molar-refractivity contribution in [3.8, 4) is 0 Å². The fourth-order valence-electron chi connectivity index (χ4n) is 1.48. The van der Waals surface area contributed by atoms with Crippen molar-refractivity contribution in [1.82, 2.24) is 9.97 Å². The van der Waals surface area contributed by atoms with Crippen LogP contribution in [0.25, 0.3) is 0 Å². The van der Waals surface area contributed by atoms with Crippen LogP contribution < -0.4 is 10.6 Å². The molecule has 0 saturated carbocycles. The number of methoxy groups -OCH3 is 1. The van der Waals surface area contributed by atoms with E-state index in [0.717, 1.165) is 12.8 Å². The van der Waals surface area contributed by atoms with Gasteiger partial charge >= 0.3 is 5.69 Å². The van der Waals surface area contributed by atoms with Crippen LogP contribution in [0.4, 0.5) is 17.3 Å². The van der Waals surface area contributed by atoms with E-state index in [4.69, 9.17) is 4.74 Å². The van der Waals surface area contributed by atoms with E-state index in [1.165, 1.54) is 6.33 Å². The van der Waals surface area contributed by atoms with Gasteiger partial charge in [0.05, 0.1) is 4.92 Å². The number of aromatic nitrogens is 2. The highest BCUT2D eigenvalue weighted by Gasteiger charge is 2.22. The highest BCUT2D eigenvalue weighted by molar-refractivity contribution is 5.69. The van der Waals surface area contributed by atoms with Gasteiger partial charge in [0.25, 0.3) is 0 Å². The predicted octanol–water partition coefficient (Wildman–Crippen LogP) is 1.66. The van der Waals surface area contributed by atoms with Crippen LogP contribution >= 0.6 is 0 Å². The largest absolute Gasteiger partial charge is 0.385 e. The zero-order valence-corrected chi connectivity index (χ0v) is 11.2. The third kappa shape index (κ3) is 4.66. The maximum Gasteiger partial charge on any atom is 0.353 e. The highest BCUT2D eigenvalue weighted by atomic mass is 16.6. The van der Waals surface area contributed by atoms with Gasteiger partial charge in [-0.25, -0.2) is 9.97 Å². The van der Waals surface area contributed by atoms with Crippen molar-refractivity contribution in [2.45, 2.75) is 19.8 Å². The summed E-state index contributed by atoms with van der Waals surface area (Å²) in [6, 6.07) is 0. The summed E-state index contributed by atoms with van der Waals surface area (Å²) in [5, 5.41) is 17.0. The molecule has 0 aliphatic rings. The molecule has 0 radical (unpaired) electrons. The quantitative estimate of drug-likeness (QED) is 0.399. The van der Waals surface area contributed by atoms with Crippen LogP contribution in [0, 0.1) is 10.1 Å². The first kappa shape index (κ1) is 15.1. The van der Waals surface area contributed by atoms with Gasteiger partial charge in [-0.05, 0) is 12.8 Å². The minimum atomic E-state index is -0.476. The molecule has 0 unspecified atom stereocenters. The Bertz CT molecular complexity index is 413. The molecule has 1 aromatic rings. The minimum Gasteiger partial charge on any atom is -0.385 e. The molecule has 0 aromatic carbocycles. The molecule has 19 heavy (non-hydrogen) atoms. The molecule has 1 rings (SSSR count). The smallest absolute Gasteiger partial charge is 0.353 e. The molecular formula is C11H19N5O3. The second kappa shape index (κ2) is 8.20. The molecule has 0 spiro atoms. The molecule has 1 heterocycles. The van der Waals surface area contributed by atoms with Gasteiger partial charge < -0.3 is 15.4 Å². The summed E-state index contributed by atoms with van der Waals surface area (Å²) < 4.78 is 4.92. The Hall–Kier alpha value is -1.96. The molecule has 0 aliphatic heterocycles. The van der Waals surface area contributed by atoms with E-state index in [9.17, 15) is 10.1 Å². The summed E-state index contributed by atoms with van der Waals surface area (Å²) in [6.45, 7) is 3.75. The second-order valence-electron chi connectivity index (χ2n) is 3.88. The van der Waals surface area contributed by atoms with E-state index in [1.807, 2.05) is 6.92 Å². The van der Waals surface area contributed by atoms with Crippen LogP contribution in [0.2, 0.25) is 0 Å². The summed E-state index contributed by atoms with van der Waals surface area (Å²) >= 11 is 0. The molecule has 8 heteroatoms. The number of rotatable bonds is 9. The minimum absolute atomic E-state index is 0.117. The zero-order chi connectivity index (χ0) is 14.1. The van der Waals surface area contributed by atoms with Gasteiger partial charge in [-0.2, -0.15) is 0 Å². The molecule has 0 bridgehead atoms. The first-order valence-electron chi connectivity index (χ1n) is 6.16. The molecule has 1 aromatic heterocycles. The number of nitrogens with one attached hydrogen (secondary N) is 2. The Morgan fingerprint density at radius 3 is 2.47 bits per heavy atom. The van der Waals surface area contributed by atoms with Gasteiger partial charge in [0, 0.05) is 26.8 Å². The molecular weight excluding hydrogens is 250 g/mol. The molecule has 106 valence electrons. The van der Waals surface area contributed by atoms with Crippen molar-refractivity contribution in [2.75, 3.05) is 37.4 Å². The van der Waals surface area contributed by atoms with Gasteiger partial charge in [0.1, 0.15) is 6.33 Å². The van der Waals surface area contributed by atoms with Gasteiger partial charge in [-0.15, -0.1) is 0 Å². The fourth-order valence-corrected chi connectivity index (χ4v) is 1.48. The average molecular weight is 269 g/mol. The maximum absolute atomic E-state index is 11.1. The zero-order valence-electron chi connectivity index (χ0n) is 11.2. The maximum atomic E-state index is 11.1. The van der Waals surface area contributed by atoms with Crippen molar-refractivity contribution < 1.29 is 9.66 Å². The third-order valence-corrected chi connectivity index (χ3v) is 2.36. The lowest BCUT2D eigenvalue weighted by molar-refractivity contribution is -0.383. The normalized spacial score (nSPS) is 10.2.